The fourth-order valence-corrected chi connectivity index (χ4v) is 3.42. The van der Waals surface area contributed by atoms with Crippen molar-refractivity contribution in [2.24, 2.45) is 5.41 Å². The molecule has 1 aliphatic rings. The summed E-state index contributed by atoms with van der Waals surface area (Å²) in [7, 11) is 0. The Hall–Kier alpha value is -2.48. The first kappa shape index (κ1) is 17.3. The third-order valence-electron chi connectivity index (χ3n) is 5.21. The van der Waals surface area contributed by atoms with Gasteiger partial charge in [0.25, 0.3) is 5.91 Å². The number of aliphatic carboxylic acids is 1. The third kappa shape index (κ3) is 2.48. The molecule has 25 heavy (non-hydrogen) atoms. The van der Waals surface area contributed by atoms with Gasteiger partial charge in [-0.3, -0.25) is 4.79 Å². The molecule has 2 aromatic heterocycles. The number of carbonyl (C=O) groups is 2. The maximum absolute atomic E-state index is 12.8. The summed E-state index contributed by atoms with van der Waals surface area (Å²) >= 11 is 0. The fraction of sp³-hybridized carbons (Fsp3) is 0.529. The molecule has 2 atom stereocenters. The Morgan fingerprint density at radius 1 is 1.48 bits per heavy atom. The number of ether oxygens (including phenoxy) is 1. The van der Waals surface area contributed by atoms with E-state index in [2.05, 4.69) is 15.4 Å². The number of nitrogens with one attached hydrogen (secondary N) is 1. The Bertz CT molecular complexity index is 844. The van der Waals surface area contributed by atoms with Crippen molar-refractivity contribution in [3.8, 4) is 0 Å². The molecule has 0 spiro atoms. The van der Waals surface area contributed by atoms with Crippen molar-refractivity contribution in [2.75, 3.05) is 6.61 Å². The normalized spacial score (nSPS) is 24.7. The van der Waals surface area contributed by atoms with Crippen LogP contribution in [0, 0.1) is 12.3 Å². The first-order valence-electron chi connectivity index (χ1n) is 8.21. The average Bonchev–Trinajstić information content (AvgIpc) is 2.96. The maximum atomic E-state index is 12.8. The van der Waals surface area contributed by atoms with Crippen LogP contribution in [0.3, 0.4) is 0 Å². The Balaban J connectivity index is 1.92. The number of hydrogen-bond acceptors (Lipinski definition) is 5. The number of carbonyl (C=O) groups excluding carboxylic acids is 1. The van der Waals surface area contributed by atoms with Gasteiger partial charge in [0.05, 0.1) is 12.3 Å². The molecular weight excluding hydrogens is 324 g/mol. The zero-order chi connectivity index (χ0) is 18.4. The van der Waals surface area contributed by atoms with E-state index in [0.717, 1.165) is 5.69 Å². The molecule has 134 valence electrons. The number of nitrogens with zero attached hydrogens (tertiary/aromatic N) is 3. The van der Waals surface area contributed by atoms with Gasteiger partial charge in [-0.15, -0.1) is 0 Å². The highest BCUT2D eigenvalue weighted by atomic mass is 16.5. The Morgan fingerprint density at radius 3 is 2.80 bits per heavy atom. The summed E-state index contributed by atoms with van der Waals surface area (Å²) in [5.41, 5.74) is -0.731. The van der Waals surface area contributed by atoms with Gasteiger partial charge in [0.1, 0.15) is 11.1 Å². The van der Waals surface area contributed by atoms with Crippen LogP contribution in [0.4, 0.5) is 0 Å². The molecule has 1 amide bonds. The largest absolute Gasteiger partial charge is 0.479 e. The molecule has 1 aliphatic carbocycles. The lowest BCUT2D eigenvalue weighted by molar-refractivity contribution is -0.190. The molecule has 0 bridgehead atoms. The number of hydrogen-bond donors (Lipinski definition) is 2. The second-order valence-corrected chi connectivity index (χ2v) is 6.93. The lowest BCUT2D eigenvalue weighted by Crippen LogP contribution is -2.76. The SMILES string of the molecule is CCOC1CC(NC(=O)c2cnn3ccc(C)nc23)(C(=O)O)C1(C)C. The van der Waals surface area contributed by atoms with Crippen molar-refractivity contribution in [3.63, 3.8) is 0 Å². The molecule has 2 heterocycles. The predicted molar refractivity (Wildman–Crippen MR) is 89.4 cm³/mol. The molecule has 0 aliphatic heterocycles. The number of fused-ring (bicyclic) bond motifs is 1. The predicted octanol–water partition coefficient (Wildman–Crippen LogP) is 1.43. The van der Waals surface area contributed by atoms with Gasteiger partial charge in [0.2, 0.25) is 0 Å². The lowest BCUT2D eigenvalue weighted by atomic mass is 9.54. The Labute approximate surface area is 145 Å². The highest BCUT2D eigenvalue weighted by molar-refractivity contribution is 6.02. The van der Waals surface area contributed by atoms with Crippen LogP contribution in [-0.4, -0.2) is 49.8 Å². The molecule has 1 fully saturated rings. The van der Waals surface area contributed by atoms with Crippen molar-refractivity contribution in [2.45, 2.75) is 45.8 Å². The van der Waals surface area contributed by atoms with Gasteiger partial charge in [0.15, 0.2) is 5.65 Å². The van der Waals surface area contributed by atoms with E-state index >= 15 is 0 Å². The van der Waals surface area contributed by atoms with Crippen molar-refractivity contribution in [1.29, 1.82) is 0 Å². The number of carboxylic acid groups (broad SMARTS) is 1. The van der Waals surface area contributed by atoms with Crippen LogP contribution >= 0.6 is 0 Å². The second-order valence-electron chi connectivity index (χ2n) is 6.93. The van der Waals surface area contributed by atoms with Crippen LogP contribution in [0.1, 0.15) is 43.2 Å². The first-order valence-corrected chi connectivity index (χ1v) is 8.21. The molecule has 1 saturated carbocycles. The van der Waals surface area contributed by atoms with Gasteiger partial charge >= 0.3 is 5.97 Å². The van der Waals surface area contributed by atoms with Crippen LogP contribution in [0.5, 0.6) is 0 Å². The topological polar surface area (TPSA) is 106 Å². The average molecular weight is 346 g/mol. The molecular formula is C17H22N4O4. The molecule has 8 nitrogen and oxygen atoms in total. The molecule has 2 aromatic rings. The van der Waals surface area contributed by atoms with E-state index in [1.807, 2.05) is 13.8 Å². The molecule has 0 aromatic carbocycles. The summed E-state index contributed by atoms with van der Waals surface area (Å²) < 4.78 is 7.10. The number of amides is 1. The van der Waals surface area contributed by atoms with E-state index in [1.165, 1.54) is 10.7 Å². The van der Waals surface area contributed by atoms with Gasteiger partial charge in [-0.2, -0.15) is 5.10 Å². The molecule has 0 radical (unpaired) electrons. The molecule has 0 saturated heterocycles. The van der Waals surface area contributed by atoms with Crippen molar-refractivity contribution in [1.82, 2.24) is 19.9 Å². The molecule has 8 heteroatoms. The van der Waals surface area contributed by atoms with E-state index in [0.29, 0.717) is 12.3 Å². The summed E-state index contributed by atoms with van der Waals surface area (Å²) in [6, 6.07) is 1.78. The van der Waals surface area contributed by atoms with Crippen LogP contribution in [-0.2, 0) is 9.53 Å². The van der Waals surface area contributed by atoms with Gasteiger partial charge in [-0.25, -0.2) is 14.3 Å². The fourth-order valence-electron chi connectivity index (χ4n) is 3.42. The monoisotopic (exact) mass is 346 g/mol. The smallest absolute Gasteiger partial charge is 0.330 e. The molecule has 3 rings (SSSR count). The lowest BCUT2D eigenvalue weighted by Gasteiger charge is -2.58. The van der Waals surface area contributed by atoms with Crippen LogP contribution in [0.2, 0.25) is 0 Å². The zero-order valence-electron chi connectivity index (χ0n) is 14.7. The number of rotatable bonds is 5. The van der Waals surface area contributed by atoms with E-state index in [1.54, 1.807) is 26.1 Å². The minimum Gasteiger partial charge on any atom is -0.479 e. The highest BCUT2D eigenvalue weighted by Crippen LogP contribution is 2.51. The number of aryl methyl sites for hydroxylation is 1. The van der Waals surface area contributed by atoms with Gasteiger partial charge in [0, 0.05) is 30.3 Å². The second kappa shape index (κ2) is 5.80. The van der Waals surface area contributed by atoms with Crippen LogP contribution in [0.15, 0.2) is 18.5 Å². The Morgan fingerprint density at radius 2 is 2.20 bits per heavy atom. The van der Waals surface area contributed by atoms with Gasteiger partial charge < -0.3 is 15.2 Å². The number of carboxylic acids is 1. The van der Waals surface area contributed by atoms with Gasteiger partial charge in [-0.1, -0.05) is 13.8 Å². The standard InChI is InChI=1S/C17H22N4O4/c1-5-25-12-8-17(15(23)24,16(12,3)4)20-14(22)11-9-18-21-7-6-10(2)19-13(11)21/h6-7,9,12H,5,8H2,1-4H3,(H,20,22)(H,23,24). The van der Waals surface area contributed by atoms with Crippen molar-refractivity contribution < 1.29 is 19.4 Å². The van der Waals surface area contributed by atoms with Gasteiger partial charge in [-0.05, 0) is 19.9 Å². The van der Waals surface area contributed by atoms with Crippen molar-refractivity contribution >= 4 is 17.5 Å². The Kier molecular flexibility index (Phi) is 4.03. The minimum atomic E-state index is -1.39. The summed E-state index contributed by atoms with van der Waals surface area (Å²) in [5.74, 6) is -1.57. The van der Waals surface area contributed by atoms with Crippen molar-refractivity contribution in [3.05, 3.63) is 29.7 Å². The summed E-state index contributed by atoms with van der Waals surface area (Å²) in [4.78, 5) is 29.1. The first-order chi connectivity index (χ1) is 11.7. The van der Waals surface area contributed by atoms with E-state index in [-0.39, 0.29) is 18.1 Å². The highest BCUT2D eigenvalue weighted by Gasteiger charge is 2.66. The third-order valence-corrected chi connectivity index (χ3v) is 5.21. The zero-order valence-corrected chi connectivity index (χ0v) is 14.7. The summed E-state index contributed by atoms with van der Waals surface area (Å²) in [6.45, 7) is 7.76. The molecule has 2 unspecified atom stereocenters. The number of aromatic nitrogens is 3. The van der Waals surface area contributed by atoms with E-state index < -0.39 is 22.8 Å². The van der Waals surface area contributed by atoms with Crippen LogP contribution in [0.25, 0.3) is 5.65 Å². The summed E-state index contributed by atoms with van der Waals surface area (Å²) in [5, 5.41) is 16.6. The van der Waals surface area contributed by atoms with E-state index in [4.69, 9.17) is 4.74 Å². The maximum Gasteiger partial charge on any atom is 0.330 e. The van der Waals surface area contributed by atoms with E-state index in [9.17, 15) is 14.7 Å². The minimum absolute atomic E-state index is 0.223. The molecule has 2 N–H and O–H groups in total. The van der Waals surface area contributed by atoms with Crippen LogP contribution < -0.4 is 5.32 Å². The summed E-state index contributed by atoms with van der Waals surface area (Å²) in [6.07, 6.45) is 3.11. The quantitative estimate of drug-likeness (QED) is 0.848.